The molecule has 1 saturated carbocycles. The fourth-order valence-electron chi connectivity index (χ4n) is 3.51. The zero-order valence-corrected chi connectivity index (χ0v) is 15.0. The van der Waals surface area contributed by atoms with Gasteiger partial charge in [0, 0.05) is 43.5 Å². The van der Waals surface area contributed by atoms with Gasteiger partial charge in [0.1, 0.15) is 11.5 Å². The second kappa shape index (κ2) is 7.32. The first kappa shape index (κ1) is 16.8. The maximum atomic E-state index is 12.2. The summed E-state index contributed by atoms with van der Waals surface area (Å²) < 4.78 is 5.80. The summed E-state index contributed by atoms with van der Waals surface area (Å²) in [5.74, 6) is 3.66. The standard InChI is InChI=1S/C20H24N4O2/c1-14-12-17(14)18-7-5-16(26-18)6-8-19(25)23-15-4-2-11-24(13-15)20-21-9-3-10-22-20/h3,5-10,14-15,17H,2,4,11-13H2,1H3,(H,23,25). The molecule has 2 aromatic rings. The Bertz CT molecular complexity index is 786. The average molecular weight is 352 g/mol. The van der Waals surface area contributed by atoms with Crippen LogP contribution in [0, 0.1) is 5.92 Å². The van der Waals surface area contributed by atoms with Crippen LogP contribution in [0.1, 0.15) is 43.6 Å². The molecule has 136 valence electrons. The number of carbonyl (C=O) groups is 1. The van der Waals surface area contributed by atoms with Gasteiger partial charge in [-0.2, -0.15) is 0 Å². The number of furan rings is 1. The third-order valence-electron chi connectivity index (χ3n) is 5.12. The van der Waals surface area contributed by atoms with Crippen LogP contribution >= 0.6 is 0 Å². The Morgan fingerprint density at radius 3 is 2.92 bits per heavy atom. The van der Waals surface area contributed by atoms with Crippen LogP contribution in [0.2, 0.25) is 0 Å². The van der Waals surface area contributed by atoms with E-state index < -0.39 is 0 Å². The molecule has 1 aliphatic heterocycles. The van der Waals surface area contributed by atoms with Crippen molar-refractivity contribution < 1.29 is 9.21 Å². The number of piperidine rings is 1. The van der Waals surface area contributed by atoms with Crippen LogP contribution in [0.3, 0.4) is 0 Å². The predicted octanol–water partition coefficient (Wildman–Crippen LogP) is 2.99. The van der Waals surface area contributed by atoms with E-state index in [0.29, 0.717) is 11.8 Å². The molecule has 1 amide bonds. The Kier molecular flexibility index (Phi) is 4.73. The fourth-order valence-corrected chi connectivity index (χ4v) is 3.51. The first-order chi connectivity index (χ1) is 12.7. The number of hydrogen-bond donors (Lipinski definition) is 1. The first-order valence-corrected chi connectivity index (χ1v) is 9.29. The van der Waals surface area contributed by atoms with E-state index in [1.54, 1.807) is 30.6 Å². The van der Waals surface area contributed by atoms with E-state index >= 15 is 0 Å². The quantitative estimate of drug-likeness (QED) is 0.838. The summed E-state index contributed by atoms with van der Waals surface area (Å²) in [4.78, 5) is 23.0. The highest BCUT2D eigenvalue weighted by Gasteiger charge is 2.36. The van der Waals surface area contributed by atoms with Crippen molar-refractivity contribution in [3.63, 3.8) is 0 Å². The number of hydrogen-bond acceptors (Lipinski definition) is 5. The van der Waals surface area contributed by atoms with E-state index in [4.69, 9.17) is 4.42 Å². The maximum absolute atomic E-state index is 12.2. The van der Waals surface area contributed by atoms with Gasteiger partial charge in [-0.1, -0.05) is 6.92 Å². The van der Waals surface area contributed by atoms with Crippen LogP contribution in [0.5, 0.6) is 0 Å². The summed E-state index contributed by atoms with van der Waals surface area (Å²) >= 11 is 0. The number of anilines is 1. The van der Waals surface area contributed by atoms with Crippen LogP contribution in [-0.4, -0.2) is 35.0 Å². The molecular weight excluding hydrogens is 328 g/mol. The SMILES string of the molecule is CC1CC1c1ccc(C=CC(=O)NC2CCCN(c3ncccn3)C2)o1. The third kappa shape index (κ3) is 3.95. The highest BCUT2D eigenvalue weighted by molar-refractivity contribution is 5.91. The van der Waals surface area contributed by atoms with E-state index in [0.717, 1.165) is 43.4 Å². The third-order valence-corrected chi connectivity index (χ3v) is 5.12. The van der Waals surface area contributed by atoms with Gasteiger partial charge in [-0.15, -0.1) is 0 Å². The molecule has 3 unspecified atom stereocenters. The number of carbonyl (C=O) groups excluding carboxylic acids is 1. The number of amides is 1. The molecule has 0 spiro atoms. The van der Waals surface area contributed by atoms with Gasteiger partial charge in [0.25, 0.3) is 0 Å². The lowest BCUT2D eigenvalue weighted by molar-refractivity contribution is -0.117. The molecule has 4 rings (SSSR count). The highest BCUT2D eigenvalue weighted by atomic mass is 16.3. The molecule has 26 heavy (non-hydrogen) atoms. The smallest absolute Gasteiger partial charge is 0.244 e. The van der Waals surface area contributed by atoms with Crippen molar-refractivity contribution in [2.75, 3.05) is 18.0 Å². The van der Waals surface area contributed by atoms with E-state index in [1.807, 2.05) is 12.1 Å². The monoisotopic (exact) mass is 352 g/mol. The zero-order valence-electron chi connectivity index (χ0n) is 15.0. The summed E-state index contributed by atoms with van der Waals surface area (Å²) in [6.07, 6.45) is 9.95. The lowest BCUT2D eigenvalue weighted by atomic mass is 10.1. The van der Waals surface area contributed by atoms with Gasteiger partial charge in [0.15, 0.2) is 0 Å². The van der Waals surface area contributed by atoms with Crippen molar-refractivity contribution in [1.29, 1.82) is 0 Å². The number of nitrogens with zero attached hydrogens (tertiary/aromatic N) is 3. The second-order valence-electron chi connectivity index (χ2n) is 7.24. The van der Waals surface area contributed by atoms with E-state index in [2.05, 4.69) is 27.1 Å². The summed E-state index contributed by atoms with van der Waals surface area (Å²) in [7, 11) is 0. The molecule has 1 saturated heterocycles. The molecule has 6 nitrogen and oxygen atoms in total. The molecule has 2 aromatic heterocycles. The molecule has 2 fully saturated rings. The number of aromatic nitrogens is 2. The van der Waals surface area contributed by atoms with Crippen LogP contribution in [0.4, 0.5) is 5.95 Å². The van der Waals surface area contributed by atoms with Crippen molar-refractivity contribution in [3.05, 3.63) is 48.2 Å². The molecule has 0 radical (unpaired) electrons. The van der Waals surface area contributed by atoms with Crippen molar-refractivity contribution in [2.24, 2.45) is 5.92 Å². The van der Waals surface area contributed by atoms with Gasteiger partial charge >= 0.3 is 0 Å². The molecule has 2 aliphatic rings. The van der Waals surface area contributed by atoms with Crippen LogP contribution in [-0.2, 0) is 4.79 Å². The van der Waals surface area contributed by atoms with E-state index in [1.165, 1.54) is 6.42 Å². The minimum atomic E-state index is -0.0939. The Hall–Kier alpha value is -2.63. The summed E-state index contributed by atoms with van der Waals surface area (Å²) in [5.41, 5.74) is 0. The van der Waals surface area contributed by atoms with Crippen LogP contribution in [0.15, 0.2) is 41.1 Å². The summed E-state index contributed by atoms with van der Waals surface area (Å²) in [5, 5.41) is 3.07. The maximum Gasteiger partial charge on any atom is 0.244 e. The minimum absolute atomic E-state index is 0.0939. The van der Waals surface area contributed by atoms with Gasteiger partial charge in [-0.3, -0.25) is 4.79 Å². The molecule has 3 heterocycles. The number of rotatable bonds is 5. The highest BCUT2D eigenvalue weighted by Crippen LogP contribution is 2.47. The van der Waals surface area contributed by atoms with Gasteiger partial charge in [-0.05, 0) is 49.5 Å². The van der Waals surface area contributed by atoms with Crippen molar-refractivity contribution in [1.82, 2.24) is 15.3 Å². The van der Waals surface area contributed by atoms with Crippen LogP contribution in [0.25, 0.3) is 6.08 Å². The van der Waals surface area contributed by atoms with Gasteiger partial charge in [-0.25, -0.2) is 9.97 Å². The lowest BCUT2D eigenvalue weighted by Crippen LogP contribution is -2.47. The normalized spacial score (nSPS) is 25.4. The Balaban J connectivity index is 1.30. The zero-order chi connectivity index (χ0) is 17.9. The first-order valence-electron chi connectivity index (χ1n) is 9.29. The van der Waals surface area contributed by atoms with E-state index in [9.17, 15) is 4.79 Å². The largest absolute Gasteiger partial charge is 0.461 e. The minimum Gasteiger partial charge on any atom is -0.461 e. The van der Waals surface area contributed by atoms with Crippen LogP contribution < -0.4 is 10.2 Å². The van der Waals surface area contributed by atoms with Crippen molar-refractivity contribution in [2.45, 2.75) is 38.1 Å². The van der Waals surface area contributed by atoms with Crippen molar-refractivity contribution >= 4 is 17.9 Å². The Morgan fingerprint density at radius 1 is 1.35 bits per heavy atom. The molecule has 1 aliphatic carbocycles. The van der Waals surface area contributed by atoms with Gasteiger partial charge in [0.2, 0.25) is 11.9 Å². The molecular formula is C20H24N4O2. The van der Waals surface area contributed by atoms with E-state index in [-0.39, 0.29) is 11.9 Å². The Morgan fingerprint density at radius 2 is 2.15 bits per heavy atom. The average Bonchev–Trinajstić information content (AvgIpc) is 3.21. The molecule has 3 atom stereocenters. The molecule has 0 aromatic carbocycles. The summed E-state index contributed by atoms with van der Waals surface area (Å²) in [6, 6.07) is 5.86. The number of nitrogens with one attached hydrogen (secondary N) is 1. The molecule has 1 N–H and O–H groups in total. The topological polar surface area (TPSA) is 71.3 Å². The van der Waals surface area contributed by atoms with Gasteiger partial charge in [0.05, 0.1) is 0 Å². The lowest BCUT2D eigenvalue weighted by Gasteiger charge is -2.32. The second-order valence-corrected chi connectivity index (χ2v) is 7.24. The summed E-state index contributed by atoms with van der Waals surface area (Å²) in [6.45, 7) is 3.87. The molecule has 6 heteroatoms. The Labute approximate surface area is 153 Å². The van der Waals surface area contributed by atoms with Crippen molar-refractivity contribution in [3.8, 4) is 0 Å². The molecule has 0 bridgehead atoms. The van der Waals surface area contributed by atoms with Gasteiger partial charge < -0.3 is 14.6 Å². The fraction of sp³-hybridized carbons (Fsp3) is 0.450. The predicted molar refractivity (Wildman–Crippen MR) is 99.7 cm³/mol.